The summed E-state index contributed by atoms with van der Waals surface area (Å²) in [5.74, 6) is -0.124. The summed E-state index contributed by atoms with van der Waals surface area (Å²) >= 11 is 0. The van der Waals surface area contributed by atoms with Crippen LogP contribution in [0, 0.1) is 0 Å². The number of carbonyl (C=O) groups is 1. The van der Waals surface area contributed by atoms with Crippen molar-refractivity contribution in [3.63, 3.8) is 0 Å². The van der Waals surface area contributed by atoms with Gasteiger partial charge in [-0.15, -0.1) is 0 Å². The first-order valence-corrected chi connectivity index (χ1v) is 5.20. The van der Waals surface area contributed by atoms with Crippen LogP contribution < -0.4 is 4.74 Å². The molecule has 0 spiro atoms. The summed E-state index contributed by atoms with van der Waals surface area (Å²) in [4.78, 5) is 10.4. The predicted molar refractivity (Wildman–Crippen MR) is 59.3 cm³/mol. The molecule has 1 unspecified atom stereocenters. The number of benzene rings is 1. The molecule has 0 fully saturated rings. The highest BCUT2D eigenvalue weighted by Gasteiger charge is 2.06. The van der Waals surface area contributed by atoms with Crippen LogP contribution in [0.5, 0.6) is 5.75 Å². The van der Waals surface area contributed by atoms with E-state index in [2.05, 4.69) is 0 Å². The van der Waals surface area contributed by atoms with E-state index in [9.17, 15) is 4.79 Å². The Labute approximate surface area is 94.5 Å². The highest BCUT2D eigenvalue weighted by Crippen LogP contribution is 2.15. The van der Waals surface area contributed by atoms with Crippen molar-refractivity contribution < 1.29 is 19.7 Å². The molecule has 0 aliphatic heterocycles. The fraction of sp³-hybridized carbons (Fsp3) is 0.417. The Hall–Kier alpha value is -1.55. The van der Waals surface area contributed by atoms with E-state index in [1.165, 1.54) is 0 Å². The van der Waals surface area contributed by atoms with Crippen molar-refractivity contribution in [3.8, 4) is 5.75 Å². The highest BCUT2D eigenvalue weighted by atomic mass is 16.5. The van der Waals surface area contributed by atoms with E-state index in [0.29, 0.717) is 12.2 Å². The van der Waals surface area contributed by atoms with E-state index in [4.69, 9.17) is 14.9 Å². The minimum atomic E-state index is -0.814. The molecule has 0 saturated heterocycles. The van der Waals surface area contributed by atoms with Gasteiger partial charge in [0.2, 0.25) is 0 Å². The fourth-order valence-electron chi connectivity index (χ4n) is 1.29. The van der Waals surface area contributed by atoms with Crippen LogP contribution in [0.3, 0.4) is 0 Å². The minimum Gasteiger partial charge on any atom is -0.491 e. The second kappa shape index (κ2) is 6.12. The average Bonchev–Trinajstić information content (AvgIpc) is 2.27. The Morgan fingerprint density at radius 2 is 2.00 bits per heavy atom. The zero-order valence-corrected chi connectivity index (χ0v) is 9.22. The smallest absolute Gasteiger partial charge is 0.303 e. The molecule has 4 heteroatoms. The second-order valence-electron chi connectivity index (χ2n) is 3.66. The van der Waals surface area contributed by atoms with Gasteiger partial charge in [0.05, 0.1) is 12.7 Å². The average molecular weight is 224 g/mol. The summed E-state index contributed by atoms with van der Waals surface area (Å²) in [5, 5.41) is 17.4. The van der Waals surface area contributed by atoms with Crippen LogP contribution in [0.2, 0.25) is 0 Å². The monoisotopic (exact) mass is 224 g/mol. The van der Waals surface area contributed by atoms with E-state index in [0.717, 1.165) is 5.56 Å². The number of aliphatic carboxylic acids is 1. The van der Waals surface area contributed by atoms with Crippen LogP contribution in [0.25, 0.3) is 0 Å². The third-order valence-electron chi connectivity index (χ3n) is 2.21. The quantitative estimate of drug-likeness (QED) is 0.773. The van der Waals surface area contributed by atoms with Crippen LogP contribution in [-0.4, -0.2) is 22.3 Å². The third kappa shape index (κ3) is 4.31. The number of hydrogen-bond acceptors (Lipinski definition) is 3. The molecule has 0 radical (unpaired) electrons. The van der Waals surface area contributed by atoms with Gasteiger partial charge in [0.15, 0.2) is 0 Å². The standard InChI is InChI=1S/C12H16O4/c1-9(2-7-12(14)15)16-11-5-3-10(8-13)4-6-11/h3-6,9,13H,2,7-8H2,1H3,(H,14,15). The van der Waals surface area contributed by atoms with Gasteiger partial charge in [0.25, 0.3) is 0 Å². The van der Waals surface area contributed by atoms with Crippen LogP contribution in [-0.2, 0) is 11.4 Å². The zero-order chi connectivity index (χ0) is 12.0. The Balaban J connectivity index is 2.43. The number of hydrogen-bond donors (Lipinski definition) is 2. The van der Waals surface area contributed by atoms with E-state index in [1.54, 1.807) is 24.3 Å². The lowest BCUT2D eigenvalue weighted by Crippen LogP contribution is -2.13. The first-order valence-electron chi connectivity index (χ1n) is 5.20. The highest BCUT2D eigenvalue weighted by molar-refractivity contribution is 5.66. The fourth-order valence-corrected chi connectivity index (χ4v) is 1.29. The van der Waals surface area contributed by atoms with Crippen molar-refractivity contribution in [1.29, 1.82) is 0 Å². The van der Waals surface area contributed by atoms with Gasteiger partial charge < -0.3 is 14.9 Å². The molecule has 0 saturated carbocycles. The maximum atomic E-state index is 10.4. The molecule has 1 aromatic rings. The molecule has 0 heterocycles. The van der Waals surface area contributed by atoms with Gasteiger partial charge in [-0.1, -0.05) is 12.1 Å². The summed E-state index contributed by atoms with van der Waals surface area (Å²) in [6.45, 7) is 1.84. The van der Waals surface area contributed by atoms with Crippen molar-refractivity contribution >= 4 is 5.97 Å². The van der Waals surface area contributed by atoms with E-state index in [1.807, 2.05) is 6.92 Å². The molecule has 0 aromatic heterocycles. The van der Waals surface area contributed by atoms with Gasteiger partial charge in [-0.25, -0.2) is 0 Å². The lowest BCUT2D eigenvalue weighted by Gasteiger charge is -2.13. The predicted octanol–water partition coefficient (Wildman–Crippen LogP) is 1.81. The van der Waals surface area contributed by atoms with Gasteiger partial charge in [-0.3, -0.25) is 4.79 Å². The summed E-state index contributed by atoms with van der Waals surface area (Å²) in [6.07, 6.45) is 0.462. The largest absolute Gasteiger partial charge is 0.491 e. The summed E-state index contributed by atoms with van der Waals surface area (Å²) in [7, 11) is 0. The van der Waals surface area contributed by atoms with E-state index < -0.39 is 5.97 Å². The summed E-state index contributed by atoms with van der Waals surface area (Å²) in [6, 6.07) is 7.09. The maximum absolute atomic E-state index is 10.4. The molecule has 2 N–H and O–H groups in total. The molecular weight excluding hydrogens is 208 g/mol. The molecule has 1 aromatic carbocycles. The Morgan fingerprint density at radius 1 is 1.38 bits per heavy atom. The topological polar surface area (TPSA) is 66.8 Å². The van der Waals surface area contributed by atoms with E-state index >= 15 is 0 Å². The summed E-state index contributed by atoms with van der Waals surface area (Å²) in [5.41, 5.74) is 0.825. The number of carboxylic acid groups (broad SMARTS) is 1. The van der Waals surface area contributed by atoms with Gasteiger partial charge in [0.1, 0.15) is 5.75 Å². The van der Waals surface area contributed by atoms with Crippen LogP contribution in [0.15, 0.2) is 24.3 Å². The lowest BCUT2D eigenvalue weighted by atomic mass is 10.2. The molecule has 0 aliphatic carbocycles. The number of rotatable bonds is 6. The number of carboxylic acids is 1. The van der Waals surface area contributed by atoms with Crippen molar-refractivity contribution in [2.24, 2.45) is 0 Å². The number of aliphatic hydroxyl groups excluding tert-OH is 1. The molecular formula is C12H16O4. The molecule has 88 valence electrons. The Kier molecular flexibility index (Phi) is 4.79. The van der Waals surface area contributed by atoms with Crippen LogP contribution in [0.4, 0.5) is 0 Å². The first kappa shape index (κ1) is 12.5. The Morgan fingerprint density at radius 3 is 2.50 bits per heavy atom. The Bertz CT molecular complexity index is 331. The molecule has 1 rings (SSSR count). The minimum absolute atomic E-state index is 0.00878. The zero-order valence-electron chi connectivity index (χ0n) is 9.22. The van der Waals surface area contributed by atoms with Gasteiger partial charge >= 0.3 is 5.97 Å². The van der Waals surface area contributed by atoms with Crippen LogP contribution >= 0.6 is 0 Å². The van der Waals surface area contributed by atoms with E-state index in [-0.39, 0.29) is 19.1 Å². The maximum Gasteiger partial charge on any atom is 0.303 e. The SMILES string of the molecule is CC(CCC(=O)O)Oc1ccc(CO)cc1. The molecule has 0 bridgehead atoms. The first-order chi connectivity index (χ1) is 7.61. The molecule has 0 aliphatic rings. The van der Waals surface area contributed by atoms with Crippen molar-refractivity contribution in [2.45, 2.75) is 32.5 Å². The van der Waals surface area contributed by atoms with Crippen molar-refractivity contribution in [1.82, 2.24) is 0 Å². The van der Waals surface area contributed by atoms with Crippen LogP contribution in [0.1, 0.15) is 25.3 Å². The molecule has 1 atom stereocenters. The van der Waals surface area contributed by atoms with Gasteiger partial charge in [0, 0.05) is 6.42 Å². The van der Waals surface area contributed by atoms with Crippen molar-refractivity contribution in [3.05, 3.63) is 29.8 Å². The second-order valence-corrected chi connectivity index (χ2v) is 3.66. The molecule has 4 nitrogen and oxygen atoms in total. The molecule has 0 amide bonds. The van der Waals surface area contributed by atoms with Gasteiger partial charge in [-0.2, -0.15) is 0 Å². The summed E-state index contributed by atoms with van der Waals surface area (Å²) < 4.78 is 5.52. The molecule has 16 heavy (non-hydrogen) atoms. The van der Waals surface area contributed by atoms with Gasteiger partial charge in [-0.05, 0) is 31.0 Å². The third-order valence-corrected chi connectivity index (χ3v) is 2.21. The number of aliphatic hydroxyl groups is 1. The van der Waals surface area contributed by atoms with Crippen molar-refractivity contribution in [2.75, 3.05) is 0 Å². The normalized spacial score (nSPS) is 12.1. The number of ether oxygens (including phenoxy) is 1. The lowest BCUT2D eigenvalue weighted by molar-refractivity contribution is -0.137.